The van der Waals surface area contributed by atoms with Crippen LogP contribution in [-0.2, 0) is 9.53 Å². The maximum Gasteiger partial charge on any atom is 0.349 e. The van der Waals surface area contributed by atoms with Gasteiger partial charge in [0, 0.05) is 22.7 Å². The molecule has 8 heteroatoms. The van der Waals surface area contributed by atoms with E-state index in [9.17, 15) is 9.59 Å². The molecule has 2 heterocycles. The number of hydrogen-bond donors (Lipinski definition) is 1. The van der Waals surface area contributed by atoms with Crippen molar-refractivity contribution in [3.63, 3.8) is 0 Å². The molecule has 1 amide bonds. The van der Waals surface area contributed by atoms with Crippen LogP contribution in [0.15, 0.2) is 91.0 Å². The summed E-state index contributed by atoms with van der Waals surface area (Å²) in [6.07, 6.45) is -1.14. The Labute approximate surface area is 211 Å². The predicted molar refractivity (Wildman–Crippen MR) is 140 cm³/mol. The van der Waals surface area contributed by atoms with Gasteiger partial charge in [0.05, 0.1) is 18.5 Å². The maximum atomic E-state index is 13.3. The van der Waals surface area contributed by atoms with Crippen LogP contribution >= 0.6 is 11.3 Å². The number of amides is 1. The minimum Gasteiger partial charge on any atom is -0.497 e. The van der Waals surface area contributed by atoms with E-state index >= 15 is 0 Å². The van der Waals surface area contributed by atoms with Gasteiger partial charge in [0.15, 0.2) is 0 Å². The summed E-state index contributed by atoms with van der Waals surface area (Å²) in [6.45, 7) is 1.90. The second kappa shape index (κ2) is 10.1. The molecule has 2 aromatic heterocycles. The fraction of sp³-hybridized carbons (Fsp3) is 0.107. The van der Waals surface area contributed by atoms with Crippen LogP contribution in [0.2, 0.25) is 0 Å². The van der Waals surface area contributed by atoms with Gasteiger partial charge in [-0.2, -0.15) is 5.10 Å². The first-order valence-electron chi connectivity index (χ1n) is 11.3. The van der Waals surface area contributed by atoms with Crippen LogP contribution in [0.25, 0.3) is 15.9 Å². The van der Waals surface area contributed by atoms with E-state index in [1.807, 2.05) is 48.0 Å². The molecular formula is C28H23N3O4S. The molecule has 1 atom stereocenters. The first-order chi connectivity index (χ1) is 17.5. The lowest BCUT2D eigenvalue weighted by molar-refractivity contribution is -0.125. The molecule has 180 valence electrons. The molecule has 0 aliphatic carbocycles. The molecule has 0 saturated heterocycles. The molecule has 0 aliphatic rings. The van der Waals surface area contributed by atoms with Gasteiger partial charge in [-0.15, -0.1) is 11.3 Å². The van der Waals surface area contributed by atoms with Crippen molar-refractivity contribution in [1.29, 1.82) is 0 Å². The number of esters is 1. The summed E-state index contributed by atoms with van der Waals surface area (Å²) in [6, 6.07) is 27.4. The van der Waals surface area contributed by atoms with Crippen molar-refractivity contribution >= 4 is 39.1 Å². The smallest absolute Gasteiger partial charge is 0.349 e. The van der Waals surface area contributed by atoms with Gasteiger partial charge in [0.1, 0.15) is 15.5 Å². The molecule has 0 spiro atoms. The Hall–Kier alpha value is -4.43. The number of hydrogen-bond acceptors (Lipinski definition) is 6. The number of nitrogens with one attached hydrogen (secondary N) is 1. The van der Waals surface area contributed by atoms with Gasteiger partial charge in [-0.3, -0.25) is 4.79 Å². The minimum atomic E-state index is -1.14. The highest BCUT2D eigenvalue weighted by Gasteiger charge is 2.27. The van der Waals surface area contributed by atoms with E-state index in [0.717, 1.165) is 21.6 Å². The number of rotatable bonds is 7. The summed E-state index contributed by atoms with van der Waals surface area (Å²) in [5.41, 5.74) is 2.81. The van der Waals surface area contributed by atoms with Crippen molar-refractivity contribution in [3.8, 4) is 11.4 Å². The Morgan fingerprint density at radius 3 is 2.39 bits per heavy atom. The number of carbonyl (C=O) groups is 2. The Balaban J connectivity index is 1.44. The fourth-order valence-corrected chi connectivity index (χ4v) is 4.93. The van der Waals surface area contributed by atoms with Gasteiger partial charge < -0.3 is 14.8 Å². The lowest BCUT2D eigenvalue weighted by Gasteiger charge is -2.18. The molecule has 7 nitrogen and oxygen atoms in total. The van der Waals surface area contributed by atoms with E-state index in [2.05, 4.69) is 10.4 Å². The SMILES string of the molecule is COc1cccc(NC(=O)[C@@H](OC(=O)c2cc3c(C)nn(-c4ccccc4)c3s2)c2ccccc2)c1. The third-order valence-corrected chi connectivity index (χ3v) is 6.74. The number of nitrogens with zero attached hydrogens (tertiary/aromatic N) is 2. The summed E-state index contributed by atoms with van der Waals surface area (Å²) in [5.74, 6) is -0.436. The number of anilines is 1. The van der Waals surface area contributed by atoms with Crippen LogP contribution in [0.3, 0.4) is 0 Å². The normalized spacial score (nSPS) is 11.7. The Bertz CT molecular complexity index is 1530. The number of aromatic nitrogens is 2. The van der Waals surface area contributed by atoms with Crippen molar-refractivity contribution in [2.75, 3.05) is 12.4 Å². The van der Waals surface area contributed by atoms with Crippen molar-refractivity contribution in [3.05, 3.63) is 107 Å². The number of carbonyl (C=O) groups excluding carboxylic acids is 2. The predicted octanol–water partition coefficient (Wildman–Crippen LogP) is 5.94. The standard InChI is InChI=1S/C28H23N3O4S/c1-18-23-17-24(36-27(23)31(30-18)21-13-7-4-8-14-21)28(33)35-25(19-10-5-3-6-11-19)26(32)29-20-12-9-15-22(16-20)34-2/h3-17,25H,1-2H3,(H,29,32)/t25-/m0/s1. The van der Waals surface area contributed by atoms with Crippen molar-refractivity contribution in [1.82, 2.24) is 9.78 Å². The number of benzene rings is 3. The summed E-state index contributed by atoms with van der Waals surface area (Å²) in [7, 11) is 1.55. The van der Waals surface area contributed by atoms with Gasteiger partial charge in [-0.05, 0) is 37.3 Å². The average molecular weight is 498 g/mol. The molecule has 0 fully saturated rings. The number of methoxy groups -OCH3 is 1. The zero-order chi connectivity index (χ0) is 25.1. The number of para-hydroxylation sites is 1. The summed E-state index contributed by atoms with van der Waals surface area (Å²) in [4.78, 5) is 27.8. The molecule has 1 N–H and O–H groups in total. The summed E-state index contributed by atoms with van der Waals surface area (Å²) < 4.78 is 12.8. The number of fused-ring (bicyclic) bond motifs is 1. The second-order valence-corrected chi connectivity index (χ2v) is 9.11. The summed E-state index contributed by atoms with van der Waals surface area (Å²) in [5, 5.41) is 8.31. The Kier molecular flexibility index (Phi) is 6.51. The molecular weight excluding hydrogens is 474 g/mol. The van der Waals surface area contributed by atoms with Crippen LogP contribution in [-0.4, -0.2) is 28.8 Å². The lowest BCUT2D eigenvalue weighted by atomic mass is 10.1. The van der Waals surface area contributed by atoms with E-state index < -0.39 is 18.0 Å². The molecule has 5 rings (SSSR count). The van der Waals surface area contributed by atoms with E-state index in [4.69, 9.17) is 9.47 Å². The molecule has 0 radical (unpaired) electrons. The van der Waals surface area contributed by atoms with Gasteiger partial charge in [0.2, 0.25) is 6.10 Å². The summed E-state index contributed by atoms with van der Waals surface area (Å²) >= 11 is 1.28. The molecule has 36 heavy (non-hydrogen) atoms. The van der Waals surface area contributed by atoms with Crippen LogP contribution in [0.1, 0.15) is 27.0 Å². The molecule has 3 aromatic carbocycles. The molecule has 0 bridgehead atoms. The van der Waals surface area contributed by atoms with Gasteiger partial charge >= 0.3 is 5.97 Å². The number of aryl methyl sites for hydroxylation is 1. The zero-order valence-corrected chi connectivity index (χ0v) is 20.5. The first kappa shape index (κ1) is 23.3. The van der Waals surface area contributed by atoms with E-state index in [-0.39, 0.29) is 0 Å². The lowest BCUT2D eigenvalue weighted by Crippen LogP contribution is -2.25. The molecule has 0 unspecified atom stereocenters. The molecule has 5 aromatic rings. The third-order valence-electron chi connectivity index (χ3n) is 5.65. The zero-order valence-electron chi connectivity index (χ0n) is 19.7. The van der Waals surface area contributed by atoms with E-state index in [0.29, 0.717) is 21.9 Å². The molecule has 0 aliphatic heterocycles. The Morgan fingerprint density at radius 2 is 1.67 bits per heavy atom. The fourth-order valence-electron chi connectivity index (χ4n) is 3.87. The highest BCUT2D eigenvalue weighted by molar-refractivity contribution is 7.20. The largest absolute Gasteiger partial charge is 0.497 e. The maximum absolute atomic E-state index is 13.3. The van der Waals surface area contributed by atoms with E-state index in [1.165, 1.54) is 11.3 Å². The van der Waals surface area contributed by atoms with Crippen molar-refractivity contribution in [2.45, 2.75) is 13.0 Å². The number of thiophene rings is 1. The monoisotopic (exact) mass is 497 g/mol. The van der Waals surface area contributed by atoms with Gasteiger partial charge in [-0.25, -0.2) is 9.48 Å². The topological polar surface area (TPSA) is 82.4 Å². The van der Waals surface area contributed by atoms with Crippen LogP contribution in [0, 0.1) is 6.92 Å². The average Bonchev–Trinajstić information content (AvgIpc) is 3.49. The highest BCUT2D eigenvalue weighted by atomic mass is 32.1. The van der Waals surface area contributed by atoms with Gasteiger partial charge in [0.25, 0.3) is 5.91 Å². The quantitative estimate of drug-likeness (QED) is 0.281. The molecule has 0 saturated carbocycles. The first-order valence-corrected chi connectivity index (χ1v) is 12.1. The van der Waals surface area contributed by atoms with Gasteiger partial charge in [-0.1, -0.05) is 54.6 Å². The Morgan fingerprint density at radius 1 is 0.944 bits per heavy atom. The van der Waals surface area contributed by atoms with Crippen LogP contribution in [0.4, 0.5) is 5.69 Å². The second-order valence-electron chi connectivity index (χ2n) is 8.08. The minimum absolute atomic E-state index is 0.394. The third kappa shape index (κ3) is 4.71. The van der Waals surface area contributed by atoms with E-state index in [1.54, 1.807) is 61.7 Å². The van der Waals surface area contributed by atoms with Crippen molar-refractivity contribution in [2.24, 2.45) is 0 Å². The van der Waals surface area contributed by atoms with Crippen LogP contribution in [0.5, 0.6) is 5.75 Å². The van der Waals surface area contributed by atoms with Crippen molar-refractivity contribution < 1.29 is 19.1 Å². The highest BCUT2D eigenvalue weighted by Crippen LogP contribution is 2.32. The van der Waals surface area contributed by atoms with Crippen LogP contribution < -0.4 is 10.1 Å². The number of ether oxygens (including phenoxy) is 2.